The molecule has 0 unspecified atom stereocenters. The van der Waals surface area contributed by atoms with Crippen LogP contribution in [0.2, 0.25) is 0 Å². The summed E-state index contributed by atoms with van der Waals surface area (Å²) in [6, 6.07) is 10.9. The molecule has 0 saturated carbocycles. The Kier molecular flexibility index (Phi) is 6.14. The quantitative estimate of drug-likeness (QED) is 0.750. The summed E-state index contributed by atoms with van der Waals surface area (Å²) >= 11 is 6.58. The third-order valence-corrected chi connectivity index (χ3v) is 5.51. The van der Waals surface area contributed by atoms with Crippen LogP contribution in [0.15, 0.2) is 45.1 Å². The largest absolute Gasteiger partial charge is 0.508 e. The lowest BCUT2D eigenvalue weighted by atomic mass is 10.3. The van der Waals surface area contributed by atoms with E-state index in [0.29, 0.717) is 18.8 Å². The molecular weight excluding hydrogens is 370 g/mol. The topological polar surface area (TPSA) is 40.5 Å². The Morgan fingerprint density at radius 2 is 2.00 bits per heavy atom. The van der Waals surface area contributed by atoms with Crippen LogP contribution in [0.25, 0.3) is 0 Å². The van der Waals surface area contributed by atoms with Gasteiger partial charge in [-0.1, -0.05) is 0 Å². The molecule has 0 saturated heterocycles. The Morgan fingerprint density at radius 1 is 1.29 bits per heavy atom. The fourth-order valence-corrected chi connectivity index (χ4v) is 4.08. The fraction of sp³-hybridized carbons (Fsp3) is 0.267. The number of phenolic OH excluding ortho intramolecular Hbond substituents is 1. The molecule has 21 heavy (non-hydrogen) atoms. The van der Waals surface area contributed by atoms with Crippen molar-refractivity contribution in [1.82, 2.24) is 4.90 Å². The number of thioether (sulfide) groups is 1. The maximum absolute atomic E-state index is 12.3. The molecule has 0 aliphatic rings. The molecule has 0 aliphatic heterocycles. The number of hydrogen-bond acceptors (Lipinski definition) is 4. The molecule has 1 amide bonds. The van der Waals surface area contributed by atoms with Crippen molar-refractivity contribution in [3.63, 3.8) is 0 Å². The smallest absolute Gasteiger partial charge is 0.233 e. The maximum atomic E-state index is 12.3. The van der Waals surface area contributed by atoms with Crippen LogP contribution < -0.4 is 0 Å². The molecule has 1 aromatic carbocycles. The summed E-state index contributed by atoms with van der Waals surface area (Å²) in [5.74, 6) is 0.773. The van der Waals surface area contributed by atoms with E-state index in [-0.39, 0.29) is 11.7 Å². The van der Waals surface area contributed by atoms with E-state index in [1.165, 1.54) is 16.6 Å². The molecule has 3 nitrogen and oxygen atoms in total. The van der Waals surface area contributed by atoms with Gasteiger partial charge in [0.05, 0.1) is 16.1 Å². The van der Waals surface area contributed by atoms with Gasteiger partial charge in [0.2, 0.25) is 5.91 Å². The van der Waals surface area contributed by atoms with Gasteiger partial charge in [0, 0.05) is 16.3 Å². The first-order valence-electron chi connectivity index (χ1n) is 6.52. The second-order valence-corrected chi connectivity index (χ2v) is 7.99. The van der Waals surface area contributed by atoms with Gasteiger partial charge in [-0.15, -0.1) is 23.1 Å². The van der Waals surface area contributed by atoms with Crippen LogP contribution in [0.1, 0.15) is 11.8 Å². The first kappa shape index (κ1) is 16.4. The number of thiophene rings is 1. The van der Waals surface area contributed by atoms with Crippen LogP contribution in [0, 0.1) is 0 Å². The minimum atomic E-state index is 0.125. The number of halogens is 1. The Labute approximate surface area is 141 Å². The molecule has 2 rings (SSSR count). The molecule has 6 heteroatoms. The van der Waals surface area contributed by atoms with Crippen molar-refractivity contribution in [2.75, 3.05) is 12.3 Å². The summed E-state index contributed by atoms with van der Waals surface area (Å²) < 4.78 is 1.08. The van der Waals surface area contributed by atoms with Gasteiger partial charge in [0.25, 0.3) is 0 Å². The van der Waals surface area contributed by atoms with Gasteiger partial charge in [-0.25, -0.2) is 0 Å². The molecule has 1 heterocycles. The first-order chi connectivity index (χ1) is 10.1. The Morgan fingerprint density at radius 3 is 2.57 bits per heavy atom. The Hall–Kier alpha value is -0.980. The summed E-state index contributed by atoms with van der Waals surface area (Å²) in [6.07, 6.45) is 0. The lowest BCUT2D eigenvalue weighted by Crippen LogP contribution is -2.31. The normalized spacial score (nSPS) is 10.6. The van der Waals surface area contributed by atoms with Gasteiger partial charge in [-0.2, -0.15) is 0 Å². The van der Waals surface area contributed by atoms with Gasteiger partial charge < -0.3 is 10.0 Å². The van der Waals surface area contributed by atoms with Crippen molar-refractivity contribution in [2.24, 2.45) is 0 Å². The van der Waals surface area contributed by atoms with E-state index in [1.54, 1.807) is 23.5 Å². The van der Waals surface area contributed by atoms with Crippen molar-refractivity contribution in [3.8, 4) is 5.75 Å². The molecule has 0 aliphatic carbocycles. The Bertz CT molecular complexity index is 598. The molecule has 112 valence electrons. The minimum absolute atomic E-state index is 0.125. The van der Waals surface area contributed by atoms with Gasteiger partial charge in [-0.05, 0) is 59.3 Å². The SMILES string of the molecule is CCN(Cc1ccc(Br)s1)C(=O)CSc1ccc(O)cc1. The van der Waals surface area contributed by atoms with Crippen LogP contribution in [0.4, 0.5) is 0 Å². The van der Waals surface area contributed by atoms with E-state index in [9.17, 15) is 9.90 Å². The lowest BCUT2D eigenvalue weighted by Gasteiger charge is -2.20. The van der Waals surface area contributed by atoms with Crippen LogP contribution in [-0.4, -0.2) is 28.2 Å². The third-order valence-electron chi connectivity index (χ3n) is 2.91. The highest BCUT2D eigenvalue weighted by atomic mass is 79.9. The number of phenols is 1. The molecule has 0 radical (unpaired) electrons. The fourth-order valence-electron chi connectivity index (χ4n) is 1.78. The summed E-state index contributed by atoms with van der Waals surface area (Å²) in [6.45, 7) is 3.35. The second-order valence-electron chi connectivity index (χ2n) is 4.40. The number of benzene rings is 1. The number of carbonyl (C=O) groups is 1. The van der Waals surface area contributed by atoms with E-state index in [4.69, 9.17) is 0 Å². The van der Waals surface area contributed by atoms with E-state index in [0.717, 1.165) is 8.68 Å². The van der Waals surface area contributed by atoms with Crippen molar-refractivity contribution in [3.05, 3.63) is 45.1 Å². The predicted octanol–water partition coefficient (Wildman–Crippen LogP) is 4.36. The standard InChI is InChI=1S/C15H16BrNO2S2/c1-2-17(9-13-7-8-14(16)21-13)15(19)10-20-12-5-3-11(18)4-6-12/h3-8,18H,2,9-10H2,1H3. The highest BCUT2D eigenvalue weighted by Gasteiger charge is 2.13. The molecule has 0 fully saturated rings. The van der Waals surface area contributed by atoms with Gasteiger partial charge in [0.1, 0.15) is 5.75 Å². The summed E-state index contributed by atoms with van der Waals surface area (Å²) in [5, 5.41) is 9.24. The first-order valence-corrected chi connectivity index (χ1v) is 9.12. The second kappa shape index (κ2) is 7.87. The molecule has 1 N–H and O–H groups in total. The monoisotopic (exact) mass is 385 g/mol. The zero-order valence-corrected chi connectivity index (χ0v) is 14.8. The number of carbonyl (C=O) groups excluding carboxylic acids is 1. The molecular formula is C15H16BrNO2S2. The van der Waals surface area contributed by atoms with Gasteiger partial charge >= 0.3 is 0 Å². The molecule has 0 spiro atoms. The van der Waals surface area contributed by atoms with Gasteiger partial charge in [-0.3, -0.25) is 4.79 Å². The zero-order valence-electron chi connectivity index (χ0n) is 11.6. The average Bonchev–Trinajstić information content (AvgIpc) is 2.89. The predicted molar refractivity (Wildman–Crippen MR) is 91.9 cm³/mol. The highest BCUT2D eigenvalue weighted by Crippen LogP contribution is 2.24. The molecule has 1 aromatic heterocycles. The highest BCUT2D eigenvalue weighted by molar-refractivity contribution is 9.11. The van der Waals surface area contributed by atoms with E-state index < -0.39 is 0 Å². The van der Waals surface area contributed by atoms with Crippen molar-refractivity contribution < 1.29 is 9.90 Å². The Balaban J connectivity index is 1.89. The molecule has 0 bridgehead atoms. The third kappa shape index (κ3) is 5.05. The van der Waals surface area contributed by atoms with Crippen LogP contribution in [0.5, 0.6) is 5.75 Å². The number of nitrogens with zero attached hydrogens (tertiary/aromatic N) is 1. The van der Waals surface area contributed by atoms with Gasteiger partial charge in [0.15, 0.2) is 0 Å². The van der Waals surface area contributed by atoms with Crippen molar-refractivity contribution >= 4 is 44.9 Å². The summed E-state index contributed by atoms with van der Waals surface area (Å²) in [5.41, 5.74) is 0. The number of rotatable bonds is 6. The van der Waals surface area contributed by atoms with Crippen molar-refractivity contribution in [1.29, 1.82) is 0 Å². The van der Waals surface area contributed by atoms with Crippen molar-refractivity contribution in [2.45, 2.75) is 18.4 Å². The lowest BCUT2D eigenvalue weighted by molar-refractivity contribution is -0.128. The molecule has 2 aromatic rings. The van der Waals surface area contributed by atoms with Crippen LogP contribution in [0.3, 0.4) is 0 Å². The summed E-state index contributed by atoms with van der Waals surface area (Å²) in [7, 11) is 0. The van der Waals surface area contributed by atoms with E-state index in [1.807, 2.05) is 36.1 Å². The average molecular weight is 386 g/mol. The number of hydrogen-bond donors (Lipinski definition) is 1. The van der Waals surface area contributed by atoms with E-state index >= 15 is 0 Å². The maximum Gasteiger partial charge on any atom is 0.233 e. The van der Waals surface area contributed by atoms with Crippen LogP contribution >= 0.6 is 39.0 Å². The summed E-state index contributed by atoms with van der Waals surface area (Å²) in [4.78, 5) is 16.3. The number of aromatic hydroxyl groups is 1. The van der Waals surface area contributed by atoms with E-state index in [2.05, 4.69) is 15.9 Å². The zero-order chi connectivity index (χ0) is 15.2. The number of amides is 1. The minimum Gasteiger partial charge on any atom is -0.508 e. The van der Waals surface area contributed by atoms with Crippen LogP contribution in [-0.2, 0) is 11.3 Å². The molecule has 0 atom stereocenters.